The minimum atomic E-state index is -3.84. The van der Waals surface area contributed by atoms with Gasteiger partial charge < -0.3 is 4.98 Å². The van der Waals surface area contributed by atoms with Crippen molar-refractivity contribution in [3.8, 4) is 0 Å². The molecule has 2 N–H and O–H groups in total. The highest BCUT2D eigenvalue weighted by molar-refractivity contribution is 7.93. The van der Waals surface area contributed by atoms with Crippen LogP contribution in [0, 0.1) is 0 Å². The van der Waals surface area contributed by atoms with Gasteiger partial charge in [0.05, 0.1) is 28.4 Å². The Kier molecular flexibility index (Phi) is 3.21. The average Bonchev–Trinajstić information content (AvgIpc) is 3.27. The molecule has 0 amide bonds. The summed E-state index contributed by atoms with van der Waals surface area (Å²) in [4.78, 5) is 7.61. The summed E-state index contributed by atoms with van der Waals surface area (Å²) in [5.74, 6) is 0. The van der Waals surface area contributed by atoms with Crippen molar-refractivity contribution in [1.29, 1.82) is 0 Å². The lowest BCUT2D eigenvalue weighted by Crippen LogP contribution is -2.13. The number of fused-ring (bicyclic) bond motifs is 3. The third-order valence-electron chi connectivity index (χ3n) is 4.14. The van der Waals surface area contributed by atoms with Crippen molar-refractivity contribution in [2.45, 2.75) is 4.90 Å². The standard InChI is InChI=1S/C17H11N5O2S2/c23-26(24,22-13-7-3-6-12-16(13)21-25-20-12)15-9-18-14-8-10-4-1-2-5-11(10)19-17(14)15/h1-9,18,22H. The molecule has 0 aliphatic heterocycles. The number of anilines is 1. The fourth-order valence-corrected chi connectivity index (χ4v) is 4.66. The zero-order valence-electron chi connectivity index (χ0n) is 13.2. The Labute approximate surface area is 152 Å². The molecule has 0 aliphatic carbocycles. The number of sulfonamides is 1. The predicted molar refractivity (Wildman–Crippen MR) is 102 cm³/mol. The van der Waals surface area contributed by atoms with Crippen LogP contribution in [0.4, 0.5) is 5.69 Å². The van der Waals surface area contributed by atoms with E-state index in [1.54, 1.807) is 18.2 Å². The maximum atomic E-state index is 13.0. The largest absolute Gasteiger partial charge is 0.358 e. The van der Waals surface area contributed by atoms with Crippen molar-refractivity contribution in [3.63, 3.8) is 0 Å². The highest BCUT2D eigenvalue weighted by atomic mass is 32.2. The Morgan fingerprint density at radius 2 is 1.81 bits per heavy atom. The van der Waals surface area contributed by atoms with E-state index in [0.717, 1.165) is 22.6 Å². The summed E-state index contributed by atoms with van der Waals surface area (Å²) in [6.07, 6.45) is 1.46. The molecule has 2 aromatic carbocycles. The Bertz CT molecular complexity index is 1390. The number of pyridine rings is 1. The van der Waals surface area contributed by atoms with E-state index >= 15 is 0 Å². The minimum absolute atomic E-state index is 0.0958. The topological polar surface area (TPSA) is 101 Å². The maximum Gasteiger partial charge on any atom is 0.265 e. The molecule has 128 valence electrons. The van der Waals surface area contributed by atoms with Crippen LogP contribution in [-0.4, -0.2) is 27.1 Å². The molecule has 0 fully saturated rings. The molecular weight excluding hydrogens is 370 g/mol. The van der Waals surface area contributed by atoms with Crippen LogP contribution < -0.4 is 4.72 Å². The Balaban J connectivity index is 1.66. The van der Waals surface area contributed by atoms with Crippen LogP contribution in [0.25, 0.3) is 33.0 Å². The fourth-order valence-electron chi connectivity index (χ4n) is 2.92. The van der Waals surface area contributed by atoms with E-state index in [1.807, 2.05) is 30.3 Å². The number of H-pyrrole nitrogens is 1. The summed E-state index contributed by atoms with van der Waals surface area (Å²) in [6, 6.07) is 14.7. The molecular formula is C17H11N5O2S2. The normalized spacial score (nSPS) is 12.2. The summed E-state index contributed by atoms with van der Waals surface area (Å²) in [7, 11) is -3.84. The number of aromatic nitrogens is 4. The lowest BCUT2D eigenvalue weighted by atomic mass is 10.2. The number of benzene rings is 2. The molecule has 9 heteroatoms. The molecule has 5 aromatic rings. The molecule has 0 aliphatic rings. The number of rotatable bonds is 3. The van der Waals surface area contributed by atoms with E-state index in [2.05, 4.69) is 23.4 Å². The van der Waals surface area contributed by atoms with Crippen LogP contribution in [0.2, 0.25) is 0 Å². The smallest absolute Gasteiger partial charge is 0.265 e. The van der Waals surface area contributed by atoms with E-state index in [4.69, 9.17) is 0 Å². The van der Waals surface area contributed by atoms with Crippen molar-refractivity contribution in [3.05, 3.63) is 54.7 Å². The van der Waals surface area contributed by atoms with Gasteiger partial charge in [-0.1, -0.05) is 24.3 Å². The van der Waals surface area contributed by atoms with Gasteiger partial charge in [-0.25, -0.2) is 13.4 Å². The predicted octanol–water partition coefficient (Wildman–Crippen LogP) is 3.52. The Morgan fingerprint density at radius 1 is 0.962 bits per heavy atom. The number of para-hydroxylation sites is 1. The van der Waals surface area contributed by atoms with E-state index in [0.29, 0.717) is 27.8 Å². The molecule has 7 nitrogen and oxygen atoms in total. The Morgan fingerprint density at radius 3 is 2.73 bits per heavy atom. The number of hydrogen-bond donors (Lipinski definition) is 2. The third-order valence-corrected chi connectivity index (χ3v) is 6.06. The number of aromatic amines is 1. The summed E-state index contributed by atoms with van der Waals surface area (Å²) < 4.78 is 36.8. The molecule has 0 spiro atoms. The average molecular weight is 381 g/mol. The molecule has 0 saturated carbocycles. The number of nitrogens with zero attached hydrogens (tertiary/aromatic N) is 3. The third kappa shape index (κ3) is 2.32. The van der Waals surface area contributed by atoms with Gasteiger partial charge in [0.15, 0.2) is 0 Å². The fraction of sp³-hybridized carbons (Fsp3) is 0. The maximum absolute atomic E-state index is 13.0. The van der Waals surface area contributed by atoms with Gasteiger partial charge in [-0.3, -0.25) is 4.72 Å². The molecule has 0 bridgehead atoms. The molecule has 26 heavy (non-hydrogen) atoms. The van der Waals surface area contributed by atoms with Crippen LogP contribution in [0.3, 0.4) is 0 Å². The van der Waals surface area contributed by atoms with Crippen molar-refractivity contribution in [1.82, 2.24) is 18.7 Å². The summed E-state index contributed by atoms with van der Waals surface area (Å²) in [6.45, 7) is 0. The molecule has 0 unspecified atom stereocenters. The molecule has 3 aromatic heterocycles. The highest BCUT2D eigenvalue weighted by Crippen LogP contribution is 2.28. The van der Waals surface area contributed by atoms with Crippen LogP contribution in [-0.2, 0) is 10.0 Å². The quantitative estimate of drug-likeness (QED) is 0.498. The number of nitrogens with one attached hydrogen (secondary N) is 2. The molecule has 0 saturated heterocycles. The SMILES string of the molecule is O=S(=O)(Nc1cccc2nsnc12)c1c[nH]c2cc3ccccc3nc12. The van der Waals surface area contributed by atoms with Crippen LogP contribution >= 0.6 is 11.7 Å². The zero-order chi connectivity index (χ0) is 17.7. The second-order valence-electron chi connectivity index (χ2n) is 5.77. The van der Waals surface area contributed by atoms with Crippen LogP contribution in [0.1, 0.15) is 0 Å². The van der Waals surface area contributed by atoms with E-state index in [9.17, 15) is 8.42 Å². The second-order valence-corrected chi connectivity index (χ2v) is 7.95. The molecule has 0 radical (unpaired) electrons. The number of hydrogen-bond acceptors (Lipinski definition) is 6. The van der Waals surface area contributed by atoms with Gasteiger partial charge in [-0.05, 0) is 24.3 Å². The first-order chi connectivity index (χ1) is 12.6. The lowest BCUT2D eigenvalue weighted by Gasteiger charge is -2.07. The zero-order valence-corrected chi connectivity index (χ0v) is 14.8. The van der Waals surface area contributed by atoms with E-state index < -0.39 is 10.0 Å². The molecule has 3 heterocycles. The van der Waals surface area contributed by atoms with Crippen molar-refractivity contribution in [2.24, 2.45) is 0 Å². The molecule has 0 atom stereocenters. The van der Waals surface area contributed by atoms with Crippen LogP contribution in [0.15, 0.2) is 59.6 Å². The monoisotopic (exact) mass is 381 g/mol. The first-order valence-electron chi connectivity index (χ1n) is 7.73. The first-order valence-corrected chi connectivity index (χ1v) is 9.94. The van der Waals surface area contributed by atoms with Crippen molar-refractivity contribution < 1.29 is 8.42 Å². The lowest BCUT2D eigenvalue weighted by molar-refractivity contribution is 0.602. The Hall–Kier alpha value is -3.04. The molecule has 5 rings (SSSR count). The summed E-state index contributed by atoms with van der Waals surface area (Å²) in [5, 5.41) is 0.942. The van der Waals surface area contributed by atoms with Gasteiger partial charge in [0.1, 0.15) is 21.4 Å². The summed E-state index contributed by atoms with van der Waals surface area (Å²) in [5.41, 5.74) is 3.38. The van der Waals surface area contributed by atoms with Gasteiger partial charge in [0.25, 0.3) is 10.0 Å². The van der Waals surface area contributed by atoms with Gasteiger partial charge in [-0.15, -0.1) is 0 Å². The summed E-state index contributed by atoms with van der Waals surface area (Å²) >= 11 is 1.04. The van der Waals surface area contributed by atoms with E-state index in [1.165, 1.54) is 6.20 Å². The second kappa shape index (κ2) is 5.48. The van der Waals surface area contributed by atoms with Crippen molar-refractivity contribution in [2.75, 3.05) is 4.72 Å². The van der Waals surface area contributed by atoms with Gasteiger partial charge in [-0.2, -0.15) is 8.75 Å². The van der Waals surface area contributed by atoms with Gasteiger partial charge >= 0.3 is 0 Å². The van der Waals surface area contributed by atoms with Gasteiger partial charge in [0.2, 0.25) is 0 Å². The highest BCUT2D eigenvalue weighted by Gasteiger charge is 2.22. The minimum Gasteiger partial charge on any atom is -0.358 e. The van der Waals surface area contributed by atoms with Gasteiger partial charge in [0, 0.05) is 11.6 Å². The van der Waals surface area contributed by atoms with Crippen molar-refractivity contribution >= 4 is 60.4 Å². The van der Waals surface area contributed by atoms with Crippen LogP contribution in [0.5, 0.6) is 0 Å². The van der Waals surface area contributed by atoms with E-state index in [-0.39, 0.29) is 4.90 Å². The first kappa shape index (κ1) is 15.2.